The van der Waals surface area contributed by atoms with Gasteiger partial charge in [0.2, 0.25) is 0 Å². The standard InChI is InChI=1S/C10H14N2OS/c1-7-9(11)2-4-12(7)10(13)8-3-5-14-6-8/h3,5-7,9H,2,4,11H2,1H3. The molecule has 1 saturated heterocycles. The van der Waals surface area contributed by atoms with Crippen molar-refractivity contribution in [3.8, 4) is 0 Å². The summed E-state index contributed by atoms with van der Waals surface area (Å²) < 4.78 is 0. The fourth-order valence-electron chi connectivity index (χ4n) is 1.80. The van der Waals surface area contributed by atoms with Gasteiger partial charge in [-0.3, -0.25) is 4.79 Å². The van der Waals surface area contributed by atoms with E-state index in [2.05, 4.69) is 0 Å². The molecule has 14 heavy (non-hydrogen) atoms. The molecule has 1 aromatic heterocycles. The second-order valence-electron chi connectivity index (χ2n) is 3.70. The van der Waals surface area contributed by atoms with E-state index in [1.54, 1.807) is 11.3 Å². The smallest absolute Gasteiger partial charge is 0.254 e. The lowest BCUT2D eigenvalue weighted by atomic mass is 10.1. The topological polar surface area (TPSA) is 46.3 Å². The molecule has 0 bridgehead atoms. The Balaban J connectivity index is 2.13. The van der Waals surface area contributed by atoms with Crippen molar-refractivity contribution in [3.05, 3.63) is 22.4 Å². The predicted molar refractivity (Wildman–Crippen MR) is 57.4 cm³/mol. The quantitative estimate of drug-likeness (QED) is 0.759. The third-order valence-corrected chi connectivity index (χ3v) is 3.53. The lowest BCUT2D eigenvalue weighted by molar-refractivity contribution is 0.0743. The minimum atomic E-state index is 0.117. The van der Waals surface area contributed by atoms with Crippen LogP contribution >= 0.6 is 11.3 Å². The second-order valence-corrected chi connectivity index (χ2v) is 4.48. The van der Waals surface area contributed by atoms with Gasteiger partial charge in [0, 0.05) is 24.0 Å². The van der Waals surface area contributed by atoms with Gasteiger partial charge in [-0.15, -0.1) is 0 Å². The van der Waals surface area contributed by atoms with Gasteiger partial charge in [-0.2, -0.15) is 11.3 Å². The van der Waals surface area contributed by atoms with Crippen LogP contribution in [0.1, 0.15) is 23.7 Å². The zero-order valence-electron chi connectivity index (χ0n) is 8.14. The molecule has 2 heterocycles. The van der Waals surface area contributed by atoms with E-state index in [9.17, 15) is 4.79 Å². The van der Waals surface area contributed by atoms with E-state index in [0.29, 0.717) is 0 Å². The summed E-state index contributed by atoms with van der Waals surface area (Å²) in [5.41, 5.74) is 6.66. The fourth-order valence-corrected chi connectivity index (χ4v) is 2.43. The highest BCUT2D eigenvalue weighted by molar-refractivity contribution is 7.08. The lowest BCUT2D eigenvalue weighted by Crippen LogP contribution is -2.40. The van der Waals surface area contributed by atoms with Crippen LogP contribution in [-0.4, -0.2) is 29.4 Å². The maximum atomic E-state index is 11.9. The molecule has 0 spiro atoms. The average Bonchev–Trinajstić information content (AvgIpc) is 2.77. The van der Waals surface area contributed by atoms with E-state index >= 15 is 0 Å². The van der Waals surface area contributed by atoms with Gasteiger partial charge in [0.25, 0.3) is 5.91 Å². The molecule has 2 N–H and O–H groups in total. The van der Waals surface area contributed by atoms with Crippen LogP contribution in [0, 0.1) is 0 Å². The van der Waals surface area contributed by atoms with Gasteiger partial charge >= 0.3 is 0 Å². The van der Waals surface area contributed by atoms with Gasteiger partial charge in [-0.05, 0) is 24.8 Å². The summed E-state index contributed by atoms with van der Waals surface area (Å²) >= 11 is 1.55. The first-order chi connectivity index (χ1) is 6.70. The van der Waals surface area contributed by atoms with Crippen LogP contribution in [0.5, 0.6) is 0 Å². The Bertz CT molecular complexity index is 323. The molecule has 1 aliphatic rings. The summed E-state index contributed by atoms with van der Waals surface area (Å²) in [4.78, 5) is 13.8. The van der Waals surface area contributed by atoms with E-state index in [1.807, 2.05) is 28.7 Å². The van der Waals surface area contributed by atoms with Crippen LogP contribution in [0.4, 0.5) is 0 Å². The van der Waals surface area contributed by atoms with Crippen LogP contribution in [0.3, 0.4) is 0 Å². The van der Waals surface area contributed by atoms with Gasteiger partial charge in [0.1, 0.15) is 0 Å². The van der Waals surface area contributed by atoms with E-state index in [1.165, 1.54) is 0 Å². The molecule has 3 nitrogen and oxygen atoms in total. The Morgan fingerprint density at radius 3 is 3.00 bits per heavy atom. The summed E-state index contributed by atoms with van der Waals surface area (Å²) in [6.07, 6.45) is 0.914. The van der Waals surface area contributed by atoms with Gasteiger partial charge in [0.05, 0.1) is 5.56 Å². The number of amides is 1. The first-order valence-corrected chi connectivity index (χ1v) is 5.73. The summed E-state index contributed by atoms with van der Waals surface area (Å²) in [7, 11) is 0. The monoisotopic (exact) mass is 210 g/mol. The number of carbonyl (C=O) groups is 1. The summed E-state index contributed by atoms with van der Waals surface area (Å²) in [6, 6.07) is 2.17. The Morgan fingerprint density at radius 1 is 1.71 bits per heavy atom. The number of hydrogen-bond donors (Lipinski definition) is 1. The molecule has 2 unspecified atom stereocenters. The first-order valence-electron chi connectivity index (χ1n) is 4.79. The van der Waals surface area contributed by atoms with Gasteiger partial charge < -0.3 is 10.6 Å². The van der Waals surface area contributed by atoms with Gasteiger partial charge in [0.15, 0.2) is 0 Å². The highest BCUT2D eigenvalue weighted by Gasteiger charge is 2.31. The van der Waals surface area contributed by atoms with E-state index < -0.39 is 0 Å². The molecule has 0 saturated carbocycles. The maximum Gasteiger partial charge on any atom is 0.254 e. The van der Waals surface area contributed by atoms with Crippen molar-refractivity contribution in [1.29, 1.82) is 0 Å². The van der Waals surface area contributed by atoms with Crippen molar-refractivity contribution in [2.24, 2.45) is 5.73 Å². The third kappa shape index (κ3) is 1.55. The van der Waals surface area contributed by atoms with Crippen molar-refractivity contribution >= 4 is 17.2 Å². The van der Waals surface area contributed by atoms with Crippen LogP contribution < -0.4 is 5.73 Å². The number of rotatable bonds is 1. The highest BCUT2D eigenvalue weighted by atomic mass is 32.1. The molecule has 0 radical (unpaired) electrons. The van der Waals surface area contributed by atoms with Gasteiger partial charge in [-0.1, -0.05) is 0 Å². The molecule has 0 aromatic carbocycles. The molecule has 1 aromatic rings. The van der Waals surface area contributed by atoms with Crippen LogP contribution in [-0.2, 0) is 0 Å². The third-order valence-electron chi connectivity index (χ3n) is 2.84. The van der Waals surface area contributed by atoms with Crippen LogP contribution in [0.2, 0.25) is 0 Å². The molecule has 1 aliphatic heterocycles. The Kier molecular flexibility index (Phi) is 2.56. The fraction of sp³-hybridized carbons (Fsp3) is 0.500. The molecule has 0 aliphatic carbocycles. The Hall–Kier alpha value is -0.870. The van der Waals surface area contributed by atoms with Crippen LogP contribution in [0.25, 0.3) is 0 Å². The number of thiophene rings is 1. The van der Waals surface area contributed by atoms with E-state index in [-0.39, 0.29) is 18.0 Å². The number of hydrogen-bond acceptors (Lipinski definition) is 3. The molecule has 1 fully saturated rings. The largest absolute Gasteiger partial charge is 0.334 e. The molecule has 1 amide bonds. The summed E-state index contributed by atoms with van der Waals surface area (Å²) in [5, 5.41) is 3.81. The summed E-state index contributed by atoms with van der Waals surface area (Å²) in [5.74, 6) is 0.117. The summed E-state index contributed by atoms with van der Waals surface area (Å²) in [6.45, 7) is 2.80. The number of nitrogens with two attached hydrogens (primary N) is 1. The minimum Gasteiger partial charge on any atom is -0.334 e. The van der Waals surface area contributed by atoms with Crippen molar-refractivity contribution in [1.82, 2.24) is 4.90 Å². The van der Waals surface area contributed by atoms with Crippen LogP contribution in [0.15, 0.2) is 16.8 Å². The van der Waals surface area contributed by atoms with E-state index in [0.717, 1.165) is 18.5 Å². The zero-order chi connectivity index (χ0) is 10.1. The zero-order valence-corrected chi connectivity index (χ0v) is 8.96. The molecular weight excluding hydrogens is 196 g/mol. The number of carbonyl (C=O) groups excluding carboxylic acids is 1. The van der Waals surface area contributed by atoms with Crippen molar-refractivity contribution in [3.63, 3.8) is 0 Å². The molecule has 4 heteroatoms. The SMILES string of the molecule is CC1C(N)CCN1C(=O)c1ccsc1. The second kappa shape index (κ2) is 3.71. The minimum absolute atomic E-state index is 0.117. The normalized spacial score (nSPS) is 26.9. The Morgan fingerprint density at radius 2 is 2.50 bits per heavy atom. The van der Waals surface area contributed by atoms with Crippen molar-refractivity contribution < 1.29 is 4.79 Å². The van der Waals surface area contributed by atoms with Crippen molar-refractivity contribution in [2.45, 2.75) is 25.4 Å². The highest BCUT2D eigenvalue weighted by Crippen LogP contribution is 2.19. The van der Waals surface area contributed by atoms with Crippen molar-refractivity contribution in [2.75, 3.05) is 6.54 Å². The number of likely N-dealkylation sites (tertiary alicyclic amines) is 1. The molecule has 2 atom stereocenters. The molecular formula is C10H14N2OS. The van der Waals surface area contributed by atoms with E-state index in [4.69, 9.17) is 5.73 Å². The molecule has 76 valence electrons. The number of nitrogens with zero attached hydrogens (tertiary/aromatic N) is 1. The Labute approximate surface area is 87.5 Å². The lowest BCUT2D eigenvalue weighted by Gasteiger charge is -2.22. The predicted octanol–water partition coefficient (Wildman–Crippen LogP) is 1.31. The maximum absolute atomic E-state index is 11.9. The van der Waals surface area contributed by atoms with Gasteiger partial charge in [-0.25, -0.2) is 0 Å². The molecule has 2 rings (SSSR count). The first kappa shape index (κ1) is 9.68. The average molecular weight is 210 g/mol.